The van der Waals surface area contributed by atoms with Crippen LogP contribution in [0.4, 0.5) is 0 Å². The molecule has 0 aromatic heterocycles. The highest BCUT2D eigenvalue weighted by Crippen LogP contribution is 2.73. The van der Waals surface area contributed by atoms with Gasteiger partial charge in [0.05, 0.1) is 0 Å². The van der Waals surface area contributed by atoms with Crippen molar-refractivity contribution >= 4 is 11.6 Å². The second-order valence-corrected chi connectivity index (χ2v) is 11.2. The monoisotopic (exact) mass is 368 g/mol. The van der Waals surface area contributed by atoms with Crippen molar-refractivity contribution in [3.05, 3.63) is 12.2 Å². The quantitative estimate of drug-likeness (QED) is 0.590. The predicted molar refractivity (Wildman–Crippen MR) is 107 cm³/mol. The van der Waals surface area contributed by atoms with Crippen LogP contribution in [0.25, 0.3) is 0 Å². The molecule has 148 valence electrons. The van der Waals surface area contributed by atoms with Crippen molar-refractivity contribution in [2.45, 2.75) is 85.0 Å². The Hall–Kier alpha value is -0.920. The Balaban J connectivity index is 1.54. The average molecular weight is 369 g/mol. The van der Waals surface area contributed by atoms with E-state index in [9.17, 15) is 9.59 Å². The zero-order valence-corrected chi connectivity index (χ0v) is 17.4. The van der Waals surface area contributed by atoms with Crippen LogP contribution in [-0.2, 0) is 9.59 Å². The van der Waals surface area contributed by atoms with E-state index in [1.54, 1.807) is 0 Å². The summed E-state index contributed by atoms with van der Waals surface area (Å²) >= 11 is 0. The number of ketones is 2. The minimum absolute atomic E-state index is 0.0307. The average Bonchev–Trinajstić information content (AvgIpc) is 2.92. The smallest absolute Gasteiger partial charge is 0.155 e. The number of Topliss-reactive ketones (excluding diaryl/α,β-unsaturated/α-hetero) is 1. The molecule has 27 heavy (non-hydrogen) atoms. The number of carbonyl (C=O) groups excluding carboxylic acids is 2. The van der Waals surface area contributed by atoms with Gasteiger partial charge in [0.1, 0.15) is 5.78 Å². The highest BCUT2D eigenvalue weighted by Gasteiger charge is 2.69. The third-order valence-electron chi connectivity index (χ3n) is 10.7. The molecule has 0 bridgehead atoms. The van der Waals surface area contributed by atoms with Crippen LogP contribution in [0.5, 0.6) is 0 Å². The maximum absolute atomic E-state index is 13.1. The van der Waals surface area contributed by atoms with Gasteiger partial charge in [0.25, 0.3) is 0 Å². The minimum atomic E-state index is -0.0307. The second kappa shape index (κ2) is 5.80. The fraction of sp³-hybridized carbons (Fsp3) is 0.840. The van der Waals surface area contributed by atoms with E-state index in [0.29, 0.717) is 35.2 Å². The van der Waals surface area contributed by atoms with Crippen LogP contribution in [0.1, 0.15) is 85.0 Å². The highest BCUT2D eigenvalue weighted by atomic mass is 16.1. The van der Waals surface area contributed by atoms with Gasteiger partial charge in [0.2, 0.25) is 0 Å². The van der Waals surface area contributed by atoms with E-state index in [2.05, 4.69) is 19.9 Å². The molecule has 0 aromatic rings. The van der Waals surface area contributed by atoms with Crippen LogP contribution < -0.4 is 0 Å². The summed E-state index contributed by atoms with van der Waals surface area (Å²) in [6, 6.07) is 0. The Kier molecular flexibility index (Phi) is 3.89. The van der Waals surface area contributed by atoms with E-state index in [-0.39, 0.29) is 16.2 Å². The molecular formula is C25H36O2. The van der Waals surface area contributed by atoms with E-state index in [1.807, 2.05) is 13.0 Å². The van der Waals surface area contributed by atoms with Gasteiger partial charge in [-0.2, -0.15) is 0 Å². The molecule has 5 aliphatic rings. The van der Waals surface area contributed by atoms with Crippen molar-refractivity contribution < 1.29 is 9.59 Å². The van der Waals surface area contributed by atoms with Gasteiger partial charge in [-0.25, -0.2) is 0 Å². The van der Waals surface area contributed by atoms with Gasteiger partial charge in [-0.05, 0) is 98.4 Å². The SMILES string of the molecule is CC(=O)[C@@]12CCCC[C@@H]1C[C@H]1[C@@H]3CC[C@H]4CC(=O)C=C[C@]4(C)[C@H]3CC[C@@]12C. The van der Waals surface area contributed by atoms with Gasteiger partial charge >= 0.3 is 0 Å². The number of allylic oxidation sites excluding steroid dienone is 2. The van der Waals surface area contributed by atoms with Crippen LogP contribution in [0.3, 0.4) is 0 Å². The summed E-state index contributed by atoms with van der Waals surface area (Å²) < 4.78 is 0. The van der Waals surface area contributed by atoms with Crippen LogP contribution in [0.15, 0.2) is 12.2 Å². The van der Waals surface area contributed by atoms with E-state index < -0.39 is 0 Å². The normalized spacial score (nSPS) is 53.9. The molecule has 0 N–H and O–H groups in total. The lowest BCUT2D eigenvalue weighted by Crippen LogP contribution is -2.56. The molecule has 0 aliphatic heterocycles. The summed E-state index contributed by atoms with van der Waals surface area (Å²) in [6.45, 7) is 6.86. The van der Waals surface area contributed by atoms with Crippen LogP contribution >= 0.6 is 0 Å². The Bertz CT molecular complexity index is 707. The van der Waals surface area contributed by atoms with Crippen molar-refractivity contribution in [3.63, 3.8) is 0 Å². The van der Waals surface area contributed by atoms with Gasteiger partial charge in [0.15, 0.2) is 5.78 Å². The molecule has 0 radical (unpaired) electrons. The topological polar surface area (TPSA) is 34.1 Å². The molecule has 0 saturated heterocycles. The van der Waals surface area contributed by atoms with Crippen molar-refractivity contribution in [2.75, 3.05) is 0 Å². The molecule has 0 aromatic carbocycles. The molecule has 4 saturated carbocycles. The Morgan fingerprint density at radius 1 is 1.00 bits per heavy atom. The summed E-state index contributed by atoms with van der Waals surface area (Å²) in [6.07, 6.45) is 16.2. The van der Waals surface area contributed by atoms with Gasteiger partial charge in [-0.3, -0.25) is 9.59 Å². The first-order valence-corrected chi connectivity index (χ1v) is 11.6. The molecular weight excluding hydrogens is 332 g/mol. The summed E-state index contributed by atoms with van der Waals surface area (Å²) in [5, 5.41) is 0. The molecule has 0 spiro atoms. The number of fused-ring (bicyclic) bond motifs is 7. The Labute approximate surface area is 164 Å². The maximum atomic E-state index is 13.1. The lowest BCUT2D eigenvalue weighted by molar-refractivity contribution is -0.151. The summed E-state index contributed by atoms with van der Waals surface area (Å²) in [5.74, 6) is 4.19. The Morgan fingerprint density at radius 3 is 2.59 bits per heavy atom. The van der Waals surface area contributed by atoms with E-state index >= 15 is 0 Å². The molecule has 8 atom stereocenters. The lowest BCUT2D eigenvalue weighted by Gasteiger charge is -2.61. The molecule has 0 unspecified atom stereocenters. The fourth-order valence-electron chi connectivity index (χ4n) is 9.43. The van der Waals surface area contributed by atoms with Crippen molar-refractivity contribution in [1.82, 2.24) is 0 Å². The van der Waals surface area contributed by atoms with E-state index in [4.69, 9.17) is 0 Å². The minimum Gasteiger partial charge on any atom is -0.299 e. The van der Waals surface area contributed by atoms with Crippen molar-refractivity contribution in [2.24, 2.45) is 45.8 Å². The van der Waals surface area contributed by atoms with Crippen molar-refractivity contribution in [1.29, 1.82) is 0 Å². The fourth-order valence-corrected chi connectivity index (χ4v) is 9.43. The predicted octanol–water partition coefficient (Wildman–Crippen LogP) is 5.75. The molecule has 2 nitrogen and oxygen atoms in total. The first-order valence-electron chi connectivity index (χ1n) is 11.6. The zero-order valence-electron chi connectivity index (χ0n) is 17.4. The van der Waals surface area contributed by atoms with Gasteiger partial charge in [-0.15, -0.1) is 0 Å². The van der Waals surface area contributed by atoms with Gasteiger partial charge < -0.3 is 0 Å². The summed E-state index contributed by atoms with van der Waals surface area (Å²) in [7, 11) is 0. The standard InChI is InChI=1S/C25H36O2/c1-16(26)25-11-5-4-6-18(25)15-22-20-8-7-17-14-19(27)9-12-23(17,2)21(20)10-13-24(22,25)3/h9,12,17-18,20-22H,4-8,10-11,13-15H2,1-3H3/t17-,18+,20+,21-,22-,23-,24-,25-/m0/s1. The molecule has 2 heteroatoms. The first-order chi connectivity index (χ1) is 12.8. The molecule has 5 rings (SSSR count). The molecule has 0 amide bonds. The van der Waals surface area contributed by atoms with Gasteiger partial charge in [0, 0.05) is 11.8 Å². The lowest BCUT2D eigenvalue weighted by atomic mass is 9.43. The maximum Gasteiger partial charge on any atom is 0.155 e. The largest absolute Gasteiger partial charge is 0.299 e. The van der Waals surface area contributed by atoms with Crippen molar-refractivity contribution in [3.8, 4) is 0 Å². The highest BCUT2D eigenvalue weighted by molar-refractivity contribution is 5.91. The Morgan fingerprint density at radius 2 is 1.81 bits per heavy atom. The van der Waals surface area contributed by atoms with Crippen LogP contribution in [0, 0.1) is 45.8 Å². The van der Waals surface area contributed by atoms with Gasteiger partial charge in [-0.1, -0.05) is 32.8 Å². The second-order valence-electron chi connectivity index (χ2n) is 11.2. The molecule has 4 fully saturated rings. The molecule has 5 aliphatic carbocycles. The molecule has 0 heterocycles. The number of carbonyl (C=O) groups is 2. The third-order valence-corrected chi connectivity index (χ3v) is 10.7. The van der Waals surface area contributed by atoms with E-state index in [0.717, 1.165) is 18.8 Å². The zero-order chi connectivity index (χ0) is 19.0. The number of hydrogen-bond acceptors (Lipinski definition) is 2. The van der Waals surface area contributed by atoms with E-state index in [1.165, 1.54) is 51.4 Å². The third kappa shape index (κ3) is 2.14. The van der Waals surface area contributed by atoms with Crippen LogP contribution in [-0.4, -0.2) is 11.6 Å². The number of rotatable bonds is 1. The summed E-state index contributed by atoms with van der Waals surface area (Å²) in [4.78, 5) is 25.1. The first kappa shape index (κ1) is 18.1. The summed E-state index contributed by atoms with van der Waals surface area (Å²) in [5.41, 5.74) is 0.384. The number of hydrogen-bond donors (Lipinski definition) is 0. The van der Waals surface area contributed by atoms with Crippen LogP contribution in [0.2, 0.25) is 0 Å².